The van der Waals surface area contributed by atoms with Crippen LogP contribution in [0.1, 0.15) is 11.1 Å². The Morgan fingerprint density at radius 2 is 1.90 bits per heavy atom. The van der Waals surface area contributed by atoms with Crippen LogP contribution in [-0.4, -0.2) is 18.1 Å². The lowest BCUT2D eigenvalue weighted by atomic mass is 10.1. The van der Waals surface area contributed by atoms with E-state index in [1.807, 2.05) is 24.3 Å². The molecular formula is C24H19ClN2O4. The van der Waals surface area contributed by atoms with Gasteiger partial charge in [-0.05, 0) is 65.7 Å². The van der Waals surface area contributed by atoms with E-state index in [0.29, 0.717) is 34.4 Å². The number of rotatable bonds is 7. The van der Waals surface area contributed by atoms with Crippen LogP contribution in [0.25, 0.3) is 6.08 Å². The summed E-state index contributed by atoms with van der Waals surface area (Å²) >= 11 is 5.99. The summed E-state index contributed by atoms with van der Waals surface area (Å²) in [4.78, 5) is 12.4. The number of nitrogens with zero attached hydrogens (tertiary/aromatic N) is 1. The number of anilines is 1. The van der Waals surface area contributed by atoms with Gasteiger partial charge in [0, 0.05) is 10.7 Å². The van der Waals surface area contributed by atoms with Crippen LogP contribution in [0.2, 0.25) is 5.02 Å². The molecule has 3 aromatic carbocycles. The Bertz CT molecular complexity index is 1150. The van der Waals surface area contributed by atoms with Gasteiger partial charge in [0.25, 0.3) is 5.91 Å². The third kappa shape index (κ3) is 6.01. The summed E-state index contributed by atoms with van der Waals surface area (Å²) in [6.45, 7) is 0.310. The fourth-order valence-electron chi connectivity index (χ4n) is 2.74. The van der Waals surface area contributed by atoms with Crippen LogP contribution in [0.4, 0.5) is 5.69 Å². The fourth-order valence-corrected chi connectivity index (χ4v) is 2.95. The lowest BCUT2D eigenvalue weighted by molar-refractivity contribution is -0.112. The minimum absolute atomic E-state index is 0.0808. The third-order valence-electron chi connectivity index (χ3n) is 4.27. The van der Waals surface area contributed by atoms with E-state index in [4.69, 9.17) is 21.1 Å². The minimum atomic E-state index is -0.562. The van der Waals surface area contributed by atoms with Crippen molar-refractivity contribution in [1.82, 2.24) is 0 Å². The van der Waals surface area contributed by atoms with Crippen molar-refractivity contribution in [3.63, 3.8) is 0 Å². The topological polar surface area (TPSA) is 91.6 Å². The number of phenolic OH excluding ortho intramolecular Hbond substituents is 1. The Hall–Kier alpha value is -3.95. The second kappa shape index (κ2) is 10.2. The van der Waals surface area contributed by atoms with Crippen molar-refractivity contribution in [2.75, 3.05) is 12.4 Å². The molecule has 7 heteroatoms. The van der Waals surface area contributed by atoms with E-state index in [9.17, 15) is 15.2 Å². The molecule has 2 N–H and O–H groups in total. The Balaban J connectivity index is 1.74. The summed E-state index contributed by atoms with van der Waals surface area (Å²) in [5.74, 6) is 0.506. The molecule has 1 amide bonds. The SMILES string of the molecule is COc1cc(/C=C(\C#N)C(=O)Nc2ccc(O)cc2)ccc1OCc1cccc(Cl)c1. The van der Waals surface area contributed by atoms with E-state index in [1.165, 1.54) is 37.5 Å². The third-order valence-corrected chi connectivity index (χ3v) is 4.51. The molecule has 0 unspecified atom stereocenters. The molecule has 6 nitrogen and oxygen atoms in total. The zero-order valence-electron chi connectivity index (χ0n) is 16.6. The molecule has 0 aliphatic carbocycles. The van der Waals surface area contributed by atoms with Gasteiger partial charge in [-0.15, -0.1) is 0 Å². The highest BCUT2D eigenvalue weighted by molar-refractivity contribution is 6.30. The Morgan fingerprint density at radius 1 is 1.13 bits per heavy atom. The molecule has 156 valence electrons. The zero-order valence-corrected chi connectivity index (χ0v) is 17.4. The Labute approximate surface area is 184 Å². The highest BCUT2D eigenvalue weighted by atomic mass is 35.5. The number of hydrogen-bond acceptors (Lipinski definition) is 5. The van der Waals surface area contributed by atoms with Crippen molar-refractivity contribution in [3.05, 3.63) is 88.5 Å². The first-order valence-corrected chi connectivity index (χ1v) is 9.64. The van der Waals surface area contributed by atoms with E-state index in [2.05, 4.69) is 5.32 Å². The van der Waals surface area contributed by atoms with Crippen molar-refractivity contribution in [3.8, 4) is 23.3 Å². The van der Waals surface area contributed by atoms with Gasteiger partial charge in [0.1, 0.15) is 24.0 Å². The number of phenols is 1. The zero-order chi connectivity index (χ0) is 22.2. The molecule has 0 saturated heterocycles. The van der Waals surface area contributed by atoms with Gasteiger partial charge < -0.3 is 19.9 Å². The maximum Gasteiger partial charge on any atom is 0.266 e. The molecule has 3 rings (SSSR count). The van der Waals surface area contributed by atoms with Crippen LogP contribution in [0, 0.1) is 11.3 Å². The quantitative estimate of drug-likeness (QED) is 0.304. The number of aromatic hydroxyl groups is 1. The Kier molecular flexibility index (Phi) is 7.15. The first-order chi connectivity index (χ1) is 15.0. The van der Waals surface area contributed by atoms with E-state index in [1.54, 1.807) is 24.3 Å². The van der Waals surface area contributed by atoms with Crippen LogP contribution >= 0.6 is 11.6 Å². The smallest absolute Gasteiger partial charge is 0.266 e. The monoisotopic (exact) mass is 434 g/mol. The van der Waals surface area contributed by atoms with Gasteiger partial charge in [-0.2, -0.15) is 5.26 Å². The predicted octanol–water partition coefficient (Wildman–Crippen LogP) is 5.18. The number of amides is 1. The van der Waals surface area contributed by atoms with E-state index < -0.39 is 5.91 Å². The molecule has 0 aromatic heterocycles. The average Bonchev–Trinajstić information content (AvgIpc) is 2.77. The molecule has 0 spiro atoms. The van der Waals surface area contributed by atoms with Gasteiger partial charge in [0.05, 0.1) is 7.11 Å². The largest absolute Gasteiger partial charge is 0.508 e. The van der Waals surface area contributed by atoms with Gasteiger partial charge in [-0.1, -0.05) is 29.8 Å². The van der Waals surface area contributed by atoms with E-state index >= 15 is 0 Å². The first-order valence-electron chi connectivity index (χ1n) is 9.26. The number of carbonyl (C=O) groups is 1. The van der Waals surface area contributed by atoms with Gasteiger partial charge >= 0.3 is 0 Å². The normalized spacial score (nSPS) is 10.8. The fraction of sp³-hybridized carbons (Fsp3) is 0.0833. The lowest BCUT2D eigenvalue weighted by Gasteiger charge is -2.12. The lowest BCUT2D eigenvalue weighted by Crippen LogP contribution is -2.13. The van der Waals surface area contributed by atoms with Gasteiger partial charge in [-0.3, -0.25) is 4.79 Å². The summed E-state index contributed by atoms with van der Waals surface area (Å²) in [5.41, 5.74) is 1.90. The van der Waals surface area contributed by atoms with E-state index in [0.717, 1.165) is 5.56 Å². The Morgan fingerprint density at radius 3 is 2.58 bits per heavy atom. The van der Waals surface area contributed by atoms with Crippen LogP contribution in [0.5, 0.6) is 17.2 Å². The standard InChI is InChI=1S/C24H19ClN2O4/c1-30-23-13-16(5-10-22(23)31-15-17-3-2-4-19(25)12-17)11-18(14-26)24(29)27-20-6-8-21(28)9-7-20/h2-13,28H,15H2,1H3,(H,27,29)/b18-11+. The summed E-state index contributed by atoms with van der Waals surface area (Å²) in [6, 6.07) is 20.3. The number of nitriles is 1. The second-order valence-electron chi connectivity index (χ2n) is 6.50. The van der Waals surface area contributed by atoms with Crippen LogP contribution in [0.15, 0.2) is 72.3 Å². The predicted molar refractivity (Wildman–Crippen MR) is 119 cm³/mol. The molecule has 0 heterocycles. The number of ether oxygens (including phenoxy) is 2. The van der Waals surface area contributed by atoms with Crippen LogP contribution in [-0.2, 0) is 11.4 Å². The van der Waals surface area contributed by atoms with Crippen molar-refractivity contribution in [1.29, 1.82) is 5.26 Å². The van der Waals surface area contributed by atoms with Gasteiger partial charge in [0.15, 0.2) is 11.5 Å². The number of hydrogen-bond donors (Lipinski definition) is 2. The molecule has 0 saturated carbocycles. The highest BCUT2D eigenvalue weighted by Gasteiger charge is 2.11. The molecular weight excluding hydrogens is 416 g/mol. The average molecular weight is 435 g/mol. The maximum absolute atomic E-state index is 12.4. The van der Waals surface area contributed by atoms with Crippen LogP contribution < -0.4 is 14.8 Å². The number of nitrogens with one attached hydrogen (secondary N) is 1. The first kappa shape index (κ1) is 21.8. The molecule has 0 aliphatic rings. The molecule has 0 bridgehead atoms. The number of benzene rings is 3. The maximum atomic E-state index is 12.4. The number of halogens is 1. The summed E-state index contributed by atoms with van der Waals surface area (Å²) in [5, 5.41) is 22.0. The molecule has 3 aromatic rings. The second-order valence-corrected chi connectivity index (χ2v) is 6.94. The molecule has 0 radical (unpaired) electrons. The molecule has 31 heavy (non-hydrogen) atoms. The van der Waals surface area contributed by atoms with E-state index in [-0.39, 0.29) is 11.3 Å². The summed E-state index contributed by atoms with van der Waals surface area (Å²) in [6.07, 6.45) is 1.46. The van der Waals surface area contributed by atoms with Crippen molar-refractivity contribution >= 4 is 29.3 Å². The number of methoxy groups -OCH3 is 1. The summed E-state index contributed by atoms with van der Waals surface area (Å²) < 4.78 is 11.2. The summed E-state index contributed by atoms with van der Waals surface area (Å²) in [7, 11) is 1.51. The molecule has 0 fully saturated rings. The molecule has 0 atom stereocenters. The van der Waals surface area contributed by atoms with Gasteiger partial charge in [0.2, 0.25) is 0 Å². The van der Waals surface area contributed by atoms with Crippen molar-refractivity contribution in [2.24, 2.45) is 0 Å². The van der Waals surface area contributed by atoms with Gasteiger partial charge in [-0.25, -0.2) is 0 Å². The number of carbonyl (C=O) groups excluding carboxylic acids is 1. The highest BCUT2D eigenvalue weighted by Crippen LogP contribution is 2.30. The molecule has 0 aliphatic heterocycles. The minimum Gasteiger partial charge on any atom is -0.508 e. The van der Waals surface area contributed by atoms with Crippen LogP contribution in [0.3, 0.4) is 0 Å². The van der Waals surface area contributed by atoms with Crippen molar-refractivity contribution < 1.29 is 19.4 Å². The van der Waals surface area contributed by atoms with Crippen molar-refractivity contribution in [2.45, 2.75) is 6.61 Å².